The van der Waals surface area contributed by atoms with Crippen LogP contribution in [-0.2, 0) is 14.3 Å². The SMILES string of the molecule is C=CC(C(CC(C)C)NC(=O)OC(C)(C)C)C(O)C(=O)OC(C)(C)C. The molecule has 3 atom stereocenters. The summed E-state index contributed by atoms with van der Waals surface area (Å²) in [6.07, 6.45) is 0.00576. The van der Waals surface area contributed by atoms with Crippen LogP contribution in [0.5, 0.6) is 0 Å². The van der Waals surface area contributed by atoms with Crippen LogP contribution in [0.4, 0.5) is 4.79 Å². The van der Waals surface area contributed by atoms with E-state index in [0.29, 0.717) is 6.42 Å². The zero-order valence-corrected chi connectivity index (χ0v) is 16.9. The lowest BCUT2D eigenvalue weighted by Crippen LogP contribution is -2.49. The second-order valence-corrected chi connectivity index (χ2v) is 8.67. The standard InChI is InChI=1S/C19H35NO5/c1-10-13(15(21)16(22)24-18(4,5)6)14(11-12(2)3)20-17(23)25-19(7,8)9/h10,12-15,21H,1,11H2,2-9H3,(H,20,23). The lowest BCUT2D eigenvalue weighted by Gasteiger charge is -2.32. The van der Waals surface area contributed by atoms with Gasteiger partial charge in [-0.3, -0.25) is 0 Å². The van der Waals surface area contributed by atoms with Crippen LogP contribution < -0.4 is 5.32 Å². The second-order valence-electron chi connectivity index (χ2n) is 8.67. The molecule has 0 bridgehead atoms. The second kappa shape index (κ2) is 9.22. The number of hydrogen-bond acceptors (Lipinski definition) is 5. The Morgan fingerprint density at radius 1 is 1.08 bits per heavy atom. The number of aliphatic hydroxyl groups is 1. The van der Waals surface area contributed by atoms with Crippen LogP contribution >= 0.6 is 0 Å². The van der Waals surface area contributed by atoms with E-state index >= 15 is 0 Å². The van der Waals surface area contributed by atoms with Crippen molar-refractivity contribution in [1.82, 2.24) is 5.32 Å². The molecule has 0 spiro atoms. The minimum Gasteiger partial charge on any atom is -0.458 e. The zero-order valence-electron chi connectivity index (χ0n) is 16.9. The maximum atomic E-state index is 12.2. The average molecular weight is 357 g/mol. The van der Waals surface area contributed by atoms with Crippen molar-refractivity contribution in [2.45, 2.75) is 85.2 Å². The number of rotatable bonds is 7. The van der Waals surface area contributed by atoms with Crippen LogP contribution in [0.25, 0.3) is 0 Å². The van der Waals surface area contributed by atoms with E-state index in [9.17, 15) is 14.7 Å². The van der Waals surface area contributed by atoms with Crippen molar-refractivity contribution in [2.75, 3.05) is 0 Å². The summed E-state index contributed by atoms with van der Waals surface area (Å²) >= 11 is 0. The topological polar surface area (TPSA) is 84.9 Å². The molecule has 0 aliphatic carbocycles. The summed E-state index contributed by atoms with van der Waals surface area (Å²) in [5.74, 6) is -1.20. The van der Waals surface area contributed by atoms with Crippen LogP contribution in [-0.4, -0.2) is 40.5 Å². The molecule has 6 heteroatoms. The molecule has 0 aliphatic rings. The molecule has 146 valence electrons. The third-order valence-electron chi connectivity index (χ3n) is 3.18. The molecule has 0 heterocycles. The van der Waals surface area contributed by atoms with Crippen LogP contribution in [0.2, 0.25) is 0 Å². The summed E-state index contributed by atoms with van der Waals surface area (Å²) in [7, 11) is 0. The van der Waals surface area contributed by atoms with Crippen LogP contribution in [0.15, 0.2) is 12.7 Å². The number of hydrogen-bond donors (Lipinski definition) is 2. The maximum absolute atomic E-state index is 12.2. The molecule has 25 heavy (non-hydrogen) atoms. The Bertz CT molecular complexity index is 459. The third-order valence-corrected chi connectivity index (χ3v) is 3.18. The fraction of sp³-hybridized carbons (Fsp3) is 0.789. The predicted molar refractivity (Wildman–Crippen MR) is 98.2 cm³/mol. The number of esters is 1. The van der Waals surface area contributed by atoms with Gasteiger partial charge in [0.2, 0.25) is 0 Å². The lowest BCUT2D eigenvalue weighted by molar-refractivity contribution is -0.167. The van der Waals surface area contributed by atoms with E-state index in [1.165, 1.54) is 6.08 Å². The highest BCUT2D eigenvalue weighted by Gasteiger charge is 2.35. The minimum absolute atomic E-state index is 0.230. The summed E-state index contributed by atoms with van der Waals surface area (Å²) in [5, 5.41) is 13.2. The van der Waals surface area contributed by atoms with Gasteiger partial charge >= 0.3 is 12.1 Å². The van der Waals surface area contributed by atoms with Crippen LogP contribution in [0.1, 0.15) is 61.8 Å². The Kier molecular flexibility index (Phi) is 8.65. The number of carbonyl (C=O) groups is 2. The molecular weight excluding hydrogens is 322 g/mol. The molecule has 0 radical (unpaired) electrons. The van der Waals surface area contributed by atoms with Gasteiger partial charge in [0.1, 0.15) is 11.2 Å². The monoisotopic (exact) mass is 357 g/mol. The van der Waals surface area contributed by atoms with Crippen LogP contribution in [0.3, 0.4) is 0 Å². The number of aliphatic hydroxyl groups excluding tert-OH is 1. The molecule has 0 aliphatic heterocycles. The van der Waals surface area contributed by atoms with Crippen molar-refractivity contribution < 1.29 is 24.2 Å². The van der Waals surface area contributed by atoms with Gasteiger partial charge in [0.15, 0.2) is 6.10 Å². The van der Waals surface area contributed by atoms with E-state index in [1.54, 1.807) is 41.5 Å². The quantitative estimate of drug-likeness (QED) is 0.538. The molecule has 1 amide bonds. The van der Waals surface area contributed by atoms with Gasteiger partial charge in [0, 0.05) is 12.0 Å². The number of alkyl carbamates (subject to hydrolysis) is 1. The maximum Gasteiger partial charge on any atom is 0.407 e. The highest BCUT2D eigenvalue weighted by molar-refractivity contribution is 5.76. The van der Waals surface area contributed by atoms with Gasteiger partial charge in [-0.15, -0.1) is 6.58 Å². The number of carbonyl (C=O) groups excluding carboxylic acids is 2. The van der Waals surface area contributed by atoms with Crippen molar-refractivity contribution in [3.8, 4) is 0 Å². The van der Waals surface area contributed by atoms with Gasteiger partial charge in [-0.25, -0.2) is 9.59 Å². The van der Waals surface area contributed by atoms with Gasteiger partial charge in [0.25, 0.3) is 0 Å². The fourth-order valence-corrected chi connectivity index (χ4v) is 2.31. The summed E-state index contributed by atoms with van der Waals surface area (Å²) in [6, 6.07) is -0.505. The normalized spacial score (nSPS) is 15.9. The first-order valence-corrected chi connectivity index (χ1v) is 8.69. The van der Waals surface area contributed by atoms with Crippen molar-refractivity contribution in [1.29, 1.82) is 0 Å². The van der Waals surface area contributed by atoms with E-state index in [4.69, 9.17) is 9.47 Å². The molecule has 6 nitrogen and oxygen atoms in total. The van der Waals surface area contributed by atoms with E-state index in [0.717, 1.165) is 0 Å². The van der Waals surface area contributed by atoms with Crippen molar-refractivity contribution in [2.24, 2.45) is 11.8 Å². The Balaban J connectivity index is 5.27. The summed E-state index contributed by atoms with van der Waals surface area (Å²) < 4.78 is 10.5. The third kappa shape index (κ3) is 10.1. The molecule has 0 saturated carbocycles. The van der Waals surface area contributed by atoms with Crippen LogP contribution in [0, 0.1) is 11.8 Å². The summed E-state index contributed by atoms with van der Waals surface area (Å²) in [5.41, 5.74) is -1.35. The number of amides is 1. The Hall–Kier alpha value is -1.56. The van der Waals surface area contributed by atoms with E-state index < -0.39 is 41.3 Å². The molecule has 0 fully saturated rings. The van der Waals surface area contributed by atoms with E-state index in [2.05, 4.69) is 11.9 Å². The van der Waals surface area contributed by atoms with Crippen molar-refractivity contribution in [3.63, 3.8) is 0 Å². The van der Waals surface area contributed by atoms with E-state index in [-0.39, 0.29) is 5.92 Å². The molecule has 0 aromatic heterocycles. The largest absolute Gasteiger partial charge is 0.458 e. The number of ether oxygens (including phenoxy) is 2. The molecule has 0 aromatic rings. The number of nitrogens with one attached hydrogen (secondary N) is 1. The first kappa shape index (κ1) is 23.4. The molecule has 0 rings (SSSR count). The first-order valence-electron chi connectivity index (χ1n) is 8.69. The van der Waals surface area contributed by atoms with Crippen molar-refractivity contribution >= 4 is 12.1 Å². The van der Waals surface area contributed by atoms with Gasteiger partial charge in [0.05, 0.1) is 0 Å². The first-order chi connectivity index (χ1) is 11.2. The molecule has 0 aromatic carbocycles. The van der Waals surface area contributed by atoms with Gasteiger partial charge < -0.3 is 19.9 Å². The average Bonchev–Trinajstić information content (AvgIpc) is 2.33. The van der Waals surface area contributed by atoms with Gasteiger partial charge in [-0.2, -0.15) is 0 Å². The Labute approximate surface area is 152 Å². The molecule has 0 saturated heterocycles. The van der Waals surface area contributed by atoms with Gasteiger partial charge in [-0.05, 0) is 53.9 Å². The Morgan fingerprint density at radius 2 is 1.56 bits per heavy atom. The lowest BCUT2D eigenvalue weighted by atomic mass is 9.87. The summed E-state index contributed by atoms with van der Waals surface area (Å²) in [6.45, 7) is 18.2. The smallest absolute Gasteiger partial charge is 0.407 e. The van der Waals surface area contributed by atoms with E-state index in [1.807, 2.05) is 13.8 Å². The molecular formula is C19H35NO5. The zero-order chi connectivity index (χ0) is 20.0. The summed E-state index contributed by atoms with van der Waals surface area (Å²) in [4.78, 5) is 24.3. The molecule has 3 unspecified atom stereocenters. The minimum atomic E-state index is -1.42. The predicted octanol–water partition coefficient (Wildman–Crippen LogP) is 3.43. The fourth-order valence-electron chi connectivity index (χ4n) is 2.31. The highest BCUT2D eigenvalue weighted by atomic mass is 16.6. The highest BCUT2D eigenvalue weighted by Crippen LogP contribution is 2.21. The van der Waals surface area contributed by atoms with Gasteiger partial charge in [-0.1, -0.05) is 19.9 Å². The Morgan fingerprint density at radius 3 is 1.92 bits per heavy atom. The molecule has 2 N–H and O–H groups in total. The van der Waals surface area contributed by atoms with Crippen molar-refractivity contribution in [3.05, 3.63) is 12.7 Å².